The second-order valence-corrected chi connectivity index (χ2v) is 6.23. The summed E-state index contributed by atoms with van der Waals surface area (Å²) in [6.07, 6.45) is 1.91. The third kappa shape index (κ3) is 8.66. The van der Waals surface area contributed by atoms with Gasteiger partial charge in [-0.15, -0.1) is 24.0 Å². The number of benzene rings is 1. The van der Waals surface area contributed by atoms with Crippen molar-refractivity contribution in [3.8, 4) is 5.75 Å². The number of aliphatic hydroxyl groups excluding tert-OH is 1. The third-order valence-corrected chi connectivity index (χ3v) is 3.65. The lowest BCUT2D eigenvalue weighted by molar-refractivity contribution is 0.186. The molecule has 1 unspecified atom stereocenters. The molecule has 0 aliphatic heterocycles. The first kappa shape index (κ1) is 23.3. The van der Waals surface area contributed by atoms with Crippen molar-refractivity contribution >= 4 is 29.9 Å². The topological polar surface area (TPSA) is 79.0 Å². The summed E-state index contributed by atoms with van der Waals surface area (Å²) >= 11 is 0. The van der Waals surface area contributed by atoms with Gasteiger partial charge in [-0.2, -0.15) is 0 Å². The normalized spacial score (nSPS) is 12.4. The van der Waals surface area contributed by atoms with E-state index in [2.05, 4.69) is 15.6 Å². The molecular weight excluding hydrogens is 457 g/mol. The lowest BCUT2D eigenvalue weighted by atomic mass is 10.1. The first-order valence-electron chi connectivity index (χ1n) is 9.07. The van der Waals surface area contributed by atoms with E-state index in [0.717, 1.165) is 30.0 Å². The molecule has 0 spiro atoms. The van der Waals surface area contributed by atoms with Gasteiger partial charge in [-0.05, 0) is 50.6 Å². The largest absolute Gasteiger partial charge is 0.491 e. The Morgan fingerprint density at radius 3 is 2.52 bits per heavy atom. The van der Waals surface area contributed by atoms with Crippen LogP contribution >= 0.6 is 24.0 Å². The molecule has 6 nitrogen and oxygen atoms in total. The monoisotopic (exact) mass is 487 g/mol. The van der Waals surface area contributed by atoms with E-state index in [9.17, 15) is 5.11 Å². The number of aliphatic imine (C=N–C) groups is 1. The molecule has 1 aromatic heterocycles. The zero-order valence-corrected chi connectivity index (χ0v) is 18.5. The van der Waals surface area contributed by atoms with E-state index in [0.29, 0.717) is 12.5 Å². The molecule has 0 bridgehead atoms. The number of nitrogens with zero attached hydrogens (tertiary/aromatic N) is 1. The molecule has 0 saturated heterocycles. The van der Waals surface area contributed by atoms with E-state index in [1.165, 1.54) is 0 Å². The van der Waals surface area contributed by atoms with Gasteiger partial charge in [0.2, 0.25) is 0 Å². The molecule has 0 aliphatic carbocycles. The predicted octanol–water partition coefficient (Wildman–Crippen LogP) is 3.52. The third-order valence-electron chi connectivity index (χ3n) is 3.65. The zero-order valence-electron chi connectivity index (χ0n) is 16.1. The fourth-order valence-corrected chi connectivity index (χ4v) is 2.42. The van der Waals surface area contributed by atoms with Crippen LogP contribution in [0.15, 0.2) is 52.1 Å². The van der Waals surface area contributed by atoms with Crippen LogP contribution in [0.2, 0.25) is 0 Å². The maximum atomic E-state index is 10.4. The van der Waals surface area contributed by atoms with Gasteiger partial charge in [0.25, 0.3) is 0 Å². The molecule has 1 heterocycles. The van der Waals surface area contributed by atoms with Gasteiger partial charge in [-0.3, -0.25) is 4.99 Å². The van der Waals surface area contributed by atoms with Crippen molar-refractivity contribution in [2.75, 3.05) is 19.6 Å². The summed E-state index contributed by atoms with van der Waals surface area (Å²) < 4.78 is 10.9. The van der Waals surface area contributed by atoms with Crippen molar-refractivity contribution in [3.05, 3.63) is 54.0 Å². The van der Waals surface area contributed by atoms with Gasteiger partial charge in [0.05, 0.1) is 25.0 Å². The van der Waals surface area contributed by atoms with E-state index in [1.54, 1.807) is 6.26 Å². The SMILES string of the molecule is CCNC(=NCC(O)c1ccc(OC(C)C)cc1)NCCc1ccco1.I. The average Bonchev–Trinajstić information content (AvgIpc) is 3.13. The van der Waals surface area contributed by atoms with Crippen molar-refractivity contribution < 1.29 is 14.3 Å². The van der Waals surface area contributed by atoms with Gasteiger partial charge >= 0.3 is 0 Å². The molecule has 0 amide bonds. The van der Waals surface area contributed by atoms with Gasteiger partial charge in [0, 0.05) is 19.5 Å². The molecule has 0 radical (unpaired) electrons. The van der Waals surface area contributed by atoms with Crippen molar-refractivity contribution in [1.82, 2.24) is 10.6 Å². The van der Waals surface area contributed by atoms with Crippen molar-refractivity contribution in [2.45, 2.75) is 39.4 Å². The number of furan rings is 1. The second kappa shape index (κ2) is 12.6. The molecule has 0 fully saturated rings. The Balaban J connectivity index is 0.00000364. The Morgan fingerprint density at radius 1 is 1.19 bits per heavy atom. The van der Waals surface area contributed by atoms with Crippen LogP contribution < -0.4 is 15.4 Å². The van der Waals surface area contributed by atoms with Crippen LogP contribution in [0.3, 0.4) is 0 Å². The maximum absolute atomic E-state index is 10.4. The Morgan fingerprint density at radius 2 is 1.93 bits per heavy atom. The average molecular weight is 487 g/mol. The molecule has 2 aromatic rings. The number of hydrogen-bond acceptors (Lipinski definition) is 4. The summed E-state index contributed by atoms with van der Waals surface area (Å²) in [6, 6.07) is 11.3. The van der Waals surface area contributed by atoms with Gasteiger partial charge in [-0.1, -0.05) is 12.1 Å². The van der Waals surface area contributed by atoms with E-state index in [-0.39, 0.29) is 36.6 Å². The van der Waals surface area contributed by atoms with Gasteiger partial charge in [0.1, 0.15) is 11.5 Å². The second-order valence-electron chi connectivity index (χ2n) is 6.23. The number of ether oxygens (including phenoxy) is 1. The van der Waals surface area contributed by atoms with Gasteiger partial charge in [0.15, 0.2) is 5.96 Å². The summed E-state index contributed by atoms with van der Waals surface area (Å²) in [7, 11) is 0. The molecule has 0 aliphatic rings. The van der Waals surface area contributed by atoms with Crippen molar-refractivity contribution in [2.24, 2.45) is 4.99 Å². The number of guanidine groups is 1. The van der Waals surface area contributed by atoms with E-state index in [1.807, 2.05) is 57.2 Å². The lowest BCUT2D eigenvalue weighted by Gasteiger charge is -2.14. The summed E-state index contributed by atoms with van der Waals surface area (Å²) in [4.78, 5) is 4.46. The zero-order chi connectivity index (χ0) is 18.8. The molecule has 150 valence electrons. The molecule has 3 N–H and O–H groups in total. The van der Waals surface area contributed by atoms with Crippen LogP contribution in [0.5, 0.6) is 5.75 Å². The predicted molar refractivity (Wildman–Crippen MR) is 119 cm³/mol. The fraction of sp³-hybridized carbons (Fsp3) is 0.450. The summed E-state index contributed by atoms with van der Waals surface area (Å²) in [5, 5.41) is 16.8. The Labute approximate surface area is 178 Å². The number of halogens is 1. The maximum Gasteiger partial charge on any atom is 0.191 e. The van der Waals surface area contributed by atoms with Crippen LogP contribution in [0.1, 0.15) is 38.2 Å². The summed E-state index contributed by atoms with van der Waals surface area (Å²) in [5.41, 5.74) is 0.816. The molecule has 1 aromatic carbocycles. The van der Waals surface area contributed by atoms with Gasteiger partial charge < -0.3 is 24.9 Å². The van der Waals surface area contributed by atoms with Crippen molar-refractivity contribution in [3.63, 3.8) is 0 Å². The number of hydrogen-bond donors (Lipinski definition) is 3. The summed E-state index contributed by atoms with van der Waals surface area (Å²) in [5.74, 6) is 2.40. The van der Waals surface area contributed by atoms with Crippen LogP contribution in [-0.2, 0) is 6.42 Å². The Hall–Kier alpha value is -1.74. The minimum atomic E-state index is -0.663. The molecule has 1 atom stereocenters. The number of nitrogens with one attached hydrogen (secondary N) is 2. The van der Waals surface area contributed by atoms with Gasteiger partial charge in [-0.25, -0.2) is 0 Å². The standard InChI is InChI=1S/C20H29N3O3.HI/c1-4-21-20(22-12-11-17-6-5-13-25-17)23-14-19(24)16-7-9-18(10-8-16)26-15(2)3;/h5-10,13,15,19,24H,4,11-12,14H2,1-3H3,(H2,21,22,23);1H. The van der Waals surface area contributed by atoms with Crippen LogP contribution in [0.4, 0.5) is 0 Å². The first-order chi connectivity index (χ1) is 12.6. The van der Waals surface area contributed by atoms with Crippen LogP contribution in [0.25, 0.3) is 0 Å². The molecular formula is C20H30IN3O3. The quantitative estimate of drug-likeness (QED) is 0.287. The Kier molecular flexibility index (Phi) is 10.9. The number of aliphatic hydroxyl groups is 1. The highest BCUT2D eigenvalue weighted by molar-refractivity contribution is 14.0. The minimum absolute atomic E-state index is 0. The van der Waals surface area contributed by atoms with Crippen molar-refractivity contribution in [1.29, 1.82) is 0 Å². The highest BCUT2D eigenvalue weighted by Crippen LogP contribution is 2.19. The molecule has 0 saturated carbocycles. The van der Waals surface area contributed by atoms with E-state index in [4.69, 9.17) is 9.15 Å². The smallest absolute Gasteiger partial charge is 0.191 e. The van der Waals surface area contributed by atoms with Crippen LogP contribution in [0, 0.1) is 0 Å². The highest BCUT2D eigenvalue weighted by atomic mass is 127. The first-order valence-corrected chi connectivity index (χ1v) is 9.07. The number of rotatable bonds is 9. The van der Waals surface area contributed by atoms with E-state index < -0.39 is 6.10 Å². The molecule has 2 rings (SSSR count). The van der Waals surface area contributed by atoms with Crippen LogP contribution in [-0.4, -0.2) is 36.8 Å². The lowest BCUT2D eigenvalue weighted by Crippen LogP contribution is -2.38. The van der Waals surface area contributed by atoms with E-state index >= 15 is 0 Å². The molecule has 7 heteroatoms. The summed E-state index contributed by atoms with van der Waals surface area (Å²) in [6.45, 7) is 7.71. The molecule has 27 heavy (non-hydrogen) atoms. The Bertz CT molecular complexity index is 658. The minimum Gasteiger partial charge on any atom is -0.491 e. The fourth-order valence-electron chi connectivity index (χ4n) is 2.42. The highest BCUT2D eigenvalue weighted by Gasteiger charge is 2.08.